The van der Waals surface area contributed by atoms with Crippen molar-refractivity contribution in [2.24, 2.45) is 5.92 Å². The van der Waals surface area contributed by atoms with Crippen LogP contribution in [0.4, 0.5) is 0 Å². The van der Waals surface area contributed by atoms with Gasteiger partial charge in [0, 0.05) is 11.5 Å². The zero-order chi connectivity index (χ0) is 21.0. The van der Waals surface area contributed by atoms with Crippen molar-refractivity contribution in [1.29, 1.82) is 0 Å². The van der Waals surface area contributed by atoms with Crippen LogP contribution < -0.4 is 4.74 Å². The fourth-order valence-electron chi connectivity index (χ4n) is 6.25. The van der Waals surface area contributed by atoms with E-state index in [9.17, 15) is 20.1 Å². The van der Waals surface area contributed by atoms with Crippen LogP contribution in [-0.2, 0) is 21.4 Å². The van der Waals surface area contributed by atoms with E-state index in [2.05, 4.69) is 24.1 Å². The highest BCUT2D eigenvalue weighted by atomic mass is 16.7. The molecule has 1 saturated carbocycles. The molecule has 2 fully saturated rings. The van der Waals surface area contributed by atoms with Crippen molar-refractivity contribution in [3.05, 3.63) is 41.2 Å². The highest BCUT2D eigenvalue weighted by molar-refractivity contribution is 5.84. The van der Waals surface area contributed by atoms with Crippen LogP contribution in [0.15, 0.2) is 30.0 Å². The van der Waals surface area contributed by atoms with Crippen molar-refractivity contribution < 1.29 is 29.6 Å². The first kappa shape index (κ1) is 19.8. The molecule has 0 spiro atoms. The number of likely N-dealkylation sites (tertiary alicyclic amines) is 1. The van der Waals surface area contributed by atoms with Gasteiger partial charge in [0.2, 0.25) is 5.76 Å². The Bertz CT molecular complexity index is 884. The fraction of sp³-hybridized carbons (Fsp3) is 0.609. The maximum absolute atomic E-state index is 11.3. The molecule has 5 rings (SSSR count). The molecule has 3 N–H and O–H groups in total. The number of carbonyl (C=O) groups is 1. The summed E-state index contributed by atoms with van der Waals surface area (Å²) < 4.78 is 11.2. The third kappa shape index (κ3) is 3.02. The quantitative estimate of drug-likeness (QED) is 0.692. The van der Waals surface area contributed by atoms with Gasteiger partial charge in [-0.15, -0.1) is 0 Å². The predicted octanol–water partition coefficient (Wildman–Crippen LogP) is 1.80. The van der Waals surface area contributed by atoms with E-state index in [1.807, 2.05) is 6.07 Å². The van der Waals surface area contributed by atoms with Gasteiger partial charge in [-0.3, -0.25) is 0 Å². The number of ether oxygens (including phenoxy) is 2. The molecule has 0 amide bonds. The molecule has 2 bridgehead atoms. The summed E-state index contributed by atoms with van der Waals surface area (Å²) in [5.74, 6) is -0.540. The first-order valence-corrected chi connectivity index (χ1v) is 10.9. The average Bonchev–Trinajstić information content (AvgIpc) is 2.74. The Labute approximate surface area is 175 Å². The molecule has 1 aromatic rings. The number of carboxylic acids is 1. The molecule has 162 valence electrons. The Morgan fingerprint density at radius 1 is 1.27 bits per heavy atom. The van der Waals surface area contributed by atoms with E-state index in [4.69, 9.17) is 9.47 Å². The molecule has 4 aliphatic rings. The summed E-state index contributed by atoms with van der Waals surface area (Å²) in [6, 6.07) is 6.61. The largest absolute Gasteiger partial charge is 0.475 e. The van der Waals surface area contributed by atoms with Crippen molar-refractivity contribution in [2.45, 2.75) is 68.5 Å². The zero-order valence-corrected chi connectivity index (χ0v) is 17.2. The van der Waals surface area contributed by atoms with Crippen LogP contribution in [0.3, 0.4) is 0 Å². The van der Waals surface area contributed by atoms with E-state index in [-0.39, 0.29) is 5.41 Å². The van der Waals surface area contributed by atoms with Gasteiger partial charge in [-0.2, -0.15) is 0 Å². The van der Waals surface area contributed by atoms with Crippen LogP contribution in [0.2, 0.25) is 0 Å². The van der Waals surface area contributed by atoms with Crippen molar-refractivity contribution >= 4 is 5.97 Å². The van der Waals surface area contributed by atoms with Crippen molar-refractivity contribution in [2.75, 3.05) is 13.6 Å². The van der Waals surface area contributed by atoms with E-state index in [1.54, 1.807) is 0 Å². The van der Waals surface area contributed by atoms with E-state index < -0.39 is 30.2 Å². The summed E-state index contributed by atoms with van der Waals surface area (Å²) in [7, 11) is 2.24. The lowest BCUT2D eigenvalue weighted by molar-refractivity contribution is -0.172. The van der Waals surface area contributed by atoms with Crippen LogP contribution in [0.5, 0.6) is 5.75 Å². The minimum absolute atomic E-state index is 0.167. The molecule has 30 heavy (non-hydrogen) atoms. The Hall–Kier alpha value is -2.09. The summed E-state index contributed by atoms with van der Waals surface area (Å²) in [6.07, 6.45) is 4.12. The van der Waals surface area contributed by atoms with Crippen molar-refractivity contribution in [3.63, 3.8) is 0 Å². The predicted molar refractivity (Wildman–Crippen MR) is 108 cm³/mol. The highest BCUT2D eigenvalue weighted by Gasteiger charge is 2.53. The number of rotatable bonds is 3. The van der Waals surface area contributed by atoms with Crippen LogP contribution in [-0.4, -0.2) is 64.3 Å². The second-order valence-electron chi connectivity index (χ2n) is 9.25. The van der Waals surface area contributed by atoms with E-state index in [0.29, 0.717) is 17.7 Å². The van der Waals surface area contributed by atoms with Gasteiger partial charge in [-0.05, 0) is 74.5 Å². The minimum Gasteiger partial charge on any atom is -0.475 e. The number of likely N-dealkylation sites (N-methyl/N-ethyl adjacent to an activating group) is 1. The number of nitrogens with zero attached hydrogens (tertiary/aromatic N) is 1. The normalized spacial score (nSPS) is 38.0. The number of aliphatic hydroxyl groups excluding tert-OH is 2. The molecule has 6 atom stereocenters. The number of hydrogen-bond acceptors (Lipinski definition) is 6. The second kappa shape index (κ2) is 7.25. The summed E-state index contributed by atoms with van der Waals surface area (Å²) >= 11 is 0. The van der Waals surface area contributed by atoms with Gasteiger partial charge in [-0.1, -0.05) is 18.9 Å². The lowest BCUT2D eigenvalue weighted by Gasteiger charge is -2.58. The maximum atomic E-state index is 11.3. The third-order valence-electron chi connectivity index (χ3n) is 7.74. The summed E-state index contributed by atoms with van der Waals surface area (Å²) in [4.78, 5) is 13.8. The third-order valence-corrected chi connectivity index (χ3v) is 7.74. The lowest BCUT2D eigenvalue weighted by Crippen LogP contribution is -2.59. The maximum Gasteiger partial charge on any atom is 0.371 e. The molecule has 1 saturated heterocycles. The van der Waals surface area contributed by atoms with Crippen molar-refractivity contribution in [3.8, 4) is 5.75 Å². The lowest BCUT2D eigenvalue weighted by atomic mass is 9.52. The molecule has 2 aliphatic heterocycles. The first-order valence-electron chi connectivity index (χ1n) is 10.9. The SMILES string of the molecule is CN1CC[C@@]23CCCC[C@@H]2[C@@H]1Cc1ccc(O[C@@H]2OC(C(=O)O)=C[C@H](O)[C@H]2O)cc13. The van der Waals surface area contributed by atoms with E-state index in [0.717, 1.165) is 25.5 Å². The average molecular weight is 415 g/mol. The number of hydrogen-bond donors (Lipinski definition) is 3. The van der Waals surface area contributed by atoms with Gasteiger partial charge in [0.1, 0.15) is 11.9 Å². The molecular formula is C23H29NO6. The van der Waals surface area contributed by atoms with Crippen LogP contribution >= 0.6 is 0 Å². The highest BCUT2D eigenvalue weighted by Crippen LogP contribution is 2.56. The number of aliphatic hydroxyl groups is 2. The van der Waals surface area contributed by atoms with Gasteiger partial charge in [-0.25, -0.2) is 4.79 Å². The number of benzene rings is 1. The molecule has 2 aliphatic carbocycles. The van der Waals surface area contributed by atoms with Crippen LogP contribution in [0, 0.1) is 5.92 Å². The van der Waals surface area contributed by atoms with Gasteiger partial charge in [0.05, 0.1) is 0 Å². The number of piperidine rings is 1. The Morgan fingerprint density at radius 2 is 2.10 bits per heavy atom. The number of carboxylic acid groups (broad SMARTS) is 1. The van der Waals surface area contributed by atoms with Gasteiger partial charge in [0.25, 0.3) is 6.29 Å². The Kier molecular flexibility index (Phi) is 4.80. The van der Waals surface area contributed by atoms with Crippen LogP contribution in [0.25, 0.3) is 0 Å². The monoisotopic (exact) mass is 415 g/mol. The number of fused-ring (bicyclic) bond motifs is 1. The van der Waals surface area contributed by atoms with Gasteiger partial charge in [0.15, 0.2) is 6.10 Å². The first-order chi connectivity index (χ1) is 14.4. The molecule has 0 aromatic heterocycles. The smallest absolute Gasteiger partial charge is 0.371 e. The minimum atomic E-state index is -1.36. The van der Waals surface area contributed by atoms with Crippen LogP contribution in [0.1, 0.15) is 43.2 Å². The molecule has 1 aromatic carbocycles. The zero-order valence-electron chi connectivity index (χ0n) is 17.2. The van der Waals surface area contributed by atoms with Crippen molar-refractivity contribution in [1.82, 2.24) is 4.90 Å². The standard InChI is InChI=1S/C23H29NO6/c1-24-9-8-23-7-3-2-4-15(23)17(24)10-13-5-6-14(11-16(13)23)29-22-20(26)18(25)12-19(30-22)21(27)28/h5-6,11-12,15,17-18,20,22,25-26H,2-4,7-10H2,1H3,(H,27,28)/t15-,17+,18+,20-,22-,23+/m1/s1. The summed E-state index contributed by atoms with van der Waals surface area (Å²) in [5, 5.41) is 29.4. The number of aliphatic carboxylic acids is 1. The summed E-state index contributed by atoms with van der Waals surface area (Å²) in [5.41, 5.74) is 2.86. The second-order valence-corrected chi connectivity index (χ2v) is 9.25. The Balaban J connectivity index is 1.46. The molecule has 0 unspecified atom stereocenters. The fourth-order valence-corrected chi connectivity index (χ4v) is 6.25. The topological polar surface area (TPSA) is 99.5 Å². The van der Waals surface area contributed by atoms with Gasteiger partial charge >= 0.3 is 5.97 Å². The molecule has 7 heteroatoms. The molecule has 0 radical (unpaired) electrons. The summed E-state index contributed by atoms with van der Waals surface area (Å²) in [6.45, 7) is 1.09. The van der Waals surface area contributed by atoms with E-state index in [1.165, 1.54) is 36.8 Å². The molecule has 7 nitrogen and oxygen atoms in total. The molecular weight excluding hydrogens is 386 g/mol. The Morgan fingerprint density at radius 3 is 2.90 bits per heavy atom. The molecule has 2 heterocycles. The van der Waals surface area contributed by atoms with E-state index >= 15 is 0 Å². The van der Waals surface area contributed by atoms with Gasteiger partial charge < -0.3 is 29.7 Å².